The van der Waals surface area contributed by atoms with Gasteiger partial charge in [0.1, 0.15) is 11.4 Å². The summed E-state index contributed by atoms with van der Waals surface area (Å²) in [7, 11) is 0. The first-order valence-electron chi connectivity index (χ1n) is 5.10. The van der Waals surface area contributed by atoms with Crippen molar-refractivity contribution in [3.8, 4) is 5.75 Å². The van der Waals surface area contributed by atoms with Crippen molar-refractivity contribution < 1.29 is 18.6 Å². The van der Waals surface area contributed by atoms with Crippen molar-refractivity contribution in [2.24, 2.45) is 0 Å². The molecule has 0 aliphatic rings. The van der Waals surface area contributed by atoms with E-state index in [4.69, 9.17) is 5.11 Å². The van der Waals surface area contributed by atoms with Crippen LogP contribution in [0.5, 0.6) is 5.75 Å². The SMILES string of the molecule is Cc1nc2cc(OC(F)F)c(CO)cc2[nH]c1=O. The van der Waals surface area contributed by atoms with E-state index in [1.54, 1.807) is 0 Å². The zero-order chi connectivity index (χ0) is 13.3. The van der Waals surface area contributed by atoms with Crippen molar-refractivity contribution >= 4 is 11.0 Å². The number of benzene rings is 1. The van der Waals surface area contributed by atoms with Gasteiger partial charge in [-0.25, -0.2) is 4.98 Å². The van der Waals surface area contributed by atoms with Crippen LogP contribution in [0, 0.1) is 6.92 Å². The van der Waals surface area contributed by atoms with Gasteiger partial charge in [-0.1, -0.05) is 0 Å². The zero-order valence-electron chi connectivity index (χ0n) is 9.41. The summed E-state index contributed by atoms with van der Waals surface area (Å²) in [5.41, 5.74) is 0.691. The Morgan fingerprint density at radius 3 is 2.83 bits per heavy atom. The summed E-state index contributed by atoms with van der Waals surface area (Å²) in [6.07, 6.45) is 0. The first-order chi connectivity index (χ1) is 8.51. The molecule has 0 atom stereocenters. The molecule has 0 spiro atoms. The Bertz CT molecular complexity index is 640. The third kappa shape index (κ3) is 2.30. The van der Waals surface area contributed by atoms with Gasteiger partial charge in [-0.3, -0.25) is 4.79 Å². The fourth-order valence-electron chi connectivity index (χ4n) is 1.58. The van der Waals surface area contributed by atoms with E-state index in [2.05, 4.69) is 14.7 Å². The van der Waals surface area contributed by atoms with E-state index in [0.717, 1.165) is 0 Å². The fourth-order valence-corrected chi connectivity index (χ4v) is 1.58. The molecule has 1 aromatic carbocycles. The highest BCUT2D eigenvalue weighted by Gasteiger charge is 2.12. The van der Waals surface area contributed by atoms with Gasteiger partial charge in [0.15, 0.2) is 0 Å². The lowest BCUT2D eigenvalue weighted by molar-refractivity contribution is -0.0508. The Labute approximate surface area is 100 Å². The molecular formula is C11H10F2N2O3. The standard InChI is InChI=1S/C11H10F2N2O3/c1-5-10(17)15-7-2-6(4-16)9(18-11(12)13)3-8(7)14-5/h2-3,11,16H,4H2,1H3,(H,15,17). The summed E-state index contributed by atoms with van der Waals surface area (Å²) in [6.45, 7) is -1.96. The van der Waals surface area contributed by atoms with Gasteiger partial charge in [-0.05, 0) is 13.0 Å². The summed E-state index contributed by atoms with van der Waals surface area (Å²) in [4.78, 5) is 17.9. The van der Waals surface area contributed by atoms with Gasteiger partial charge in [0.2, 0.25) is 0 Å². The van der Waals surface area contributed by atoms with Crippen LogP contribution in [-0.2, 0) is 6.61 Å². The number of aryl methyl sites for hydroxylation is 1. The van der Waals surface area contributed by atoms with Crippen molar-refractivity contribution in [1.29, 1.82) is 0 Å². The Hall–Kier alpha value is -2.02. The van der Waals surface area contributed by atoms with Crippen LogP contribution >= 0.6 is 0 Å². The van der Waals surface area contributed by atoms with Crippen molar-refractivity contribution in [2.75, 3.05) is 0 Å². The van der Waals surface area contributed by atoms with Crippen LogP contribution < -0.4 is 10.3 Å². The number of hydrogen-bond acceptors (Lipinski definition) is 4. The van der Waals surface area contributed by atoms with Crippen LogP contribution in [0.2, 0.25) is 0 Å². The van der Waals surface area contributed by atoms with Gasteiger partial charge in [0.25, 0.3) is 5.56 Å². The average molecular weight is 256 g/mol. The van der Waals surface area contributed by atoms with Gasteiger partial charge >= 0.3 is 6.61 Å². The summed E-state index contributed by atoms with van der Waals surface area (Å²) >= 11 is 0. The van der Waals surface area contributed by atoms with Gasteiger partial charge in [0, 0.05) is 11.6 Å². The van der Waals surface area contributed by atoms with Crippen LogP contribution in [0.15, 0.2) is 16.9 Å². The Morgan fingerprint density at radius 2 is 2.22 bits per heavy atom. The normalized spacial score (nSPS) is 11.2. The molecule has 1 heterocycles. The second kappa shape index (κ2) is 4.69. The van der Waals surface area contributed by atoms with E-state index in [-0.39, 0.29) is 22.6 Å². The first-order valence-corrected chi connectivity index (χ1v) is 5.10. The summed E-state index contributed by atoms with van der Waals surface area (Å²) in [6, 6.07) is 2.62. The molecule has 0 amide bonds. The van der Waals surface area contributed by atoms with E-state index < -0.39 is 13.2 Å². The number of H-pyrrole nitrogens is 1. The lowest BCUT2D eigenvalue weighted by atomic mass is 10.1. The predicted octanol–water partition coefficient (Wildman–Crippen LogP) is 1.33. The molecule has 18 heavy (non-hydrogen) atoms. The molecule has 0 fully saturated rings. The van der Waals surface area contributed by atoms with E-state index in [9.17, 15) is 13.6 Å². The number of fused-ring (bicyclic) bond motifs is 1. The van der Waals surface area contributed by atoms with Crippen molar-refractivity contribution in [3.63, 3.8) is 0 Å². The van der Waals surface area contributed by atoms with Crippen LogP contribution in [0.1, 0.15) is 11.3 Å². The molecule has 7 heteroatoms. The van der Waals surface area contributed by atoms with Gasteiger partial charge in [-0.2, -0.15) is 8.78 Å². The third-order valence-corrected chi connectivity index (χ3v) is 2.43. The molecule has 2 rings (SSSR count). The largest absolute Gasteiger partial charge is 0.434 e. The molecule has 0 saturated carbocycles. The maximum Gasteiger partial charge on any atom is 0.387 e. The number of hydrogen-bond donors (Lipinski definition) is 2. The second-order valence-electron chi connectivity index (χ2n) is 3.67. The topological polar surface area (TPSA) is 75.2 Å². The summed E-state index contributed by atoms with van der Waals surface area (Å²) in [5.74, 6) is -0.154. The lowest BCUT2D eigenvalue weighted by Gasteiger charge is -2.10. The van der Waals surface area contributed by atoms with E-state index >= 15 is 0 Å². The Kier molecular flexibility index (Phi) is 3.24. The molecule has 0 aliphatic heterocycles. The third-order valence-electron chi connectivity index (χ3n) is 2.43. The van der Waals surface area contributed by atoms with Crippen molar-refractivity contribution in [3.05, 3.63) is 33.7 Å². The molecule has 5 nitrogen and oxygen atoms in total. The predicted molar refractivity (Wildman–Crippen MR) is 59.7 cm³/mol. The smallest absolute Gasteiger partial charge is 0.387 e. The molecule has 2 aromatic rings. The Balaban J connectivity index is 2.65. The molecule has 96 valence electrons. The minimum absolute atomic E-state index is 0.154. The number of nitrogens with zero attached hydrogens (tertiary/aromatic N) is 1. The molecule has 0 radical (unpaired) electrons. The summed E-state index contributed by atoms with van der Waals surface area (Å²) in [5, 5.41) is 9.08. The van der Waals surface area contributed by atoms with E-state index in [1.807, 2.05) is 0 Å². The number of nitrogens with one attached hydrogen (secondary N) is 1. The minimum atomic E-state index is -2.99. The van der Waals surface area contributed by atoms with Crippen LogP contribution in [0.3, 0.4) is 0 Å². The van der Waals surface area contributed by atoms with Crippen molar-refractivity contribution in [2.45, 2.75) is 20.1 Å². The molecule has 0 saturated heterocycles. The summed E-state index contributed by atoms with van der Waals surface area (Å²) < 4.78 is 28.7. The van der Waals surface area contributed by atoms with Crippen LogP contribution in [0.4, 0.5) is 8.78 Å². The molecule has 0 aliphatic carbocycles. The number of aromatic nitrogens is 2. The van der Waals surface area contributed by atoms with E-state index in [0.29, 0.717) is 11.0 Å². The number of aliphatic hydroxyl groups excluding tert-OH is 1. The highest BCUT2D eigenvalue weighted by atomic mass is 19.3. The molecule has 1 aromatic heterocycles. The van der Waals surface area contributed by atoms with Crippen LogP contribution in [-0.4, -0.2) is 21.7 Å². The van der Waals surface area contributed by atoms with Gasteiger partial charge < -0.3 is 14.8 Å². The number of aromatic amines is 1. The van der Waals surface area contributed by atoms with Gasteiger partial charge in [0.05, 0.1) is 17.6 Å². The molecular weight excluding hydrogens is 246 g/mol. The van der Waals surface area contributed by atoms with Gasteiger partial charge in [-0.15, -0.1) is 0 Å². The highest BCUT2D eigenvalue weighted by Crippen LogP contribution is 2.25. The minimum Gasteiger partial charge on any atom is -0.434 e. The lowest BCUT2D eigenvalue weighted by Crippen LogP contribution is -2.12. The molecule has 2 N–H and O–H groups in total. The van der Waals surface area contributed by atoms with Crippen LogP contribution in [0.25, 0.3) is 11.0 Å². The fraction of sp³-hybridized carbons (Fsp3) is 0.273. The first kappa shape index (κ1) is 12.4. The average Bonchev–Trinajstić information content (AvgIpc) is 2.30. The number of halogens is 2. The number of rotatable bonds is 3. The molecule has 0 unspecified atom stereocenters. The highest BCUT2D eigenvalue weighted by molar-refractivity contribution is 5.77. The monoisotopic (exact) mass is 256 g/mol. The number of alkyl halides is 2. The maximum atomic E-state index is 12.2. The maximum absolute atomic E-state index is 12.2. The Morgan fingerprint density at radius 1 is 1.50 bits per heavy atom. The number of aliphatic hydroxyl groups is 1. The molecule has 0 bridgehead atoms. The zero-order valence-corrected chi connectivity index (χ0v) is 9.41. The quantitative estimate of drug-likeness (QED) is 0.868. The van der Waals surface area contributed by atoms with Crippen molar-refractivity contribution in [1.82, 2.24) is 9.97 Å². The van der Waals surface area contributed by atoms with E-state index in [1.165, 1.54) is 19.1 Å². The number of ether oxygens (including phenoxy) is 1. The second-order valence-corrected chi connectivity index (χ2v) is 3.67.